The highest BCUT2D eigenvalue weighted by Crippen LogP contribution is 2.25. The Morgan fingerprint density at radius 1 is 1.24 bits per heavy atom. The first-order valence-corrected chi connectivity index (χ1v) is 7.39. The molecule has 1 aliphatic heterocycles. The quantitative estimate of drug-likeness (QED) is 0.848. The van der Waals surface area contributed by atoms with Gasteiger partial charge in [-0.05, 0) is 40.3 Å². The summed E-state index contributed by atoms with van der Waals surface area (Å²) in [6, 6.07) is 12.8. The van der Waals surface area contributed by atoms with Crippen molar-refractivity contribution in [3.8, 4) is 0 Å². The van der Waals surface area contributed by atoms with Crippen molar-refractivity contribution in [2.45, 2.75) is 20.3 Å². The lowest BCUT2D eigenvalue weighted by atomic mass is 9.95. The molecule has 0 spiro atoms. The van der Waals surface area contributed by atoms with Crippen LogP contribution in [0.2, 0.25) is 0 Å². The molecule has 2 aromatic carbocycles. The summed E-state index contributed by atoms with van der Waals surface area (Å²) in [6.45, 7) is 5.02. The molecular formula is C18H20N2O. The van der Waals surface area contributed by atoms with E-state index >= 15 is 0 Å². The monoisotopic (exact) mass is 280 g/mol. The highest BCUT2D eigenvalue weighted by molar-refractivity contribution is 6.02. The number of carbonyl (C=O) groups excluding carboxylic acids is 1. The normalized spacial score (nSPS) is 16.9. The largest absolute Gasteiger partial charge is 0.287 e. The van der Waals surface area contributed by atoms with Crippen molar-refractivity contribution in [3.63, 3.8) is 0 Å². The van der Waals surface area contributed by atoms with Gasteiger partial charge in [0.15, 0.2) is 0 Å². The predicted octanol–water partition coefficient (Wildman–Crippen LogP) is 3.06. The topological polar surface area (TPSA) is 41.1 Å². The maximum Gasteiger partial charge on any atom is 0.262 e. The van der Waals surface area contributed by atoms with Crippen LogP contribution in [0.15, 0.2) is 42.0 Å². The van der Waals surface area contributed by atoms with Crippen molar-refractivity contribution in [2.75, 3.05) is 6.54 Å². The van der Waals surface area contributed by atoms with E-state index in [4.69, 9.17) is 0 Å². The van der Waals surface area contributed by atoms with Gasteiger partial charge < -0.3 is 0 Å². The van der Waals surface area contributed by atoms with Crippen LogP contribution < -0.4 is 10.9 Å². The Hall–Kier alpha value is -2.13. The molecular weight excluding hydrogens is 260 g/mol. The Labute approximate surface area is 125 Å². The highest BCUT2D eigenvalue weighted by atomic mass is 16.2. The average Bonchev–Trinajstić information content (AvgIpc) is 2.83. The molecule has 3 heteroatoms. The van der Waals surface area contributed by atoms with Crippen LogP contribution in [0.4, 0.5) is 0 Å². The highest BCUT2D eigenvalue weighted by Gasteiger charge is 2.16. The minimum atomic E-state index is -0.0339. The molecule has 0 aliphatic carbocycles. The van der Waals surface area contributed by atoms with Crippen molar-refractivity contribution >= 4 is 22.8 Å². The first-order valence-electron chi connectivity index (χ1n) is 7.39. The van der Waals surface area contributed by atoms with Gasteiger partial charge in [-0.15, -0.1) is 0 Å². The summed E-state index contributed by atoms with van der Waals surface area (Å²) in [5.41, 5.74) is 8.72. The number of hydrogen-bond donors (Lipinski definition) is 2. The van der Waals surface area contributed by atoms with E-state index in [9.17, 15) is 4.79 Å². The standard InChI is InChI=1S/C18H20N2O/c1-12(2)7-13-8-14-5-3-4-6-17(14)15(9-13)10-16-11-19-20-18(16)21/h3-6,8-10,12,19H,7,11H2,1-2H3,(H,20,21)/b16-10+. The van der Waals surface area contributed by atoms with Gasteiger partial charge in [-0.3, -0.25) is 10.2 Å². The van der Waals surface area contributed by atoms with Crippen molar-refractivity contribution in [1.82, 2.24) is 10.9 Å². The van der Waals surface area contributed by atoms with Crippen molar-refractivity contribution in [1.29, 1.82) is 0 Å². The molecule has 1 aliphatic rings. The number of rotatable bonds is 3. The second-order valence-electron chi connectivity index (χ2n) is 5.98. The fourth-order valence-corrected chi connectivity index (χ4v) is 2.80. The van der Waals surface area contributed by atoms with E-state index in [1.807, 2.05) is 12.1 Å². The van der Waals surface area contributed by atoms with E-state index in [2.05, 4.69) is 55.0 Å². The Morgan fingerprint density at radius 2 is 2.05 bits per heavy atom. The van der Waals surface area contributed by atoms with Gasteiger partial charge in [0.2, 0.25) is 0 Å². The average molecular weight is 280 g/mol. The zero-order valence-corrected chi connectivity index (χ0v) is 12.4. The van der Waals surface area contributed by atoms with E-state index in [0.717, 1.165) is 17.6 Å². The van der Waals surface area contributed by atoms with Gasteiger partial charge in [0.25, 0.3) is 5.91 Å². The smallest absolute Gasteiger partial charge is 0.262 e. The molecule has 1 fully saturated rings. The summed E-state index contributed by atoms with van der Waals surface area (Å²) in [4.78, 5) is 11.7. The minimum absolute atomic E-state index is 0.0339. The summed E-state index contributed by atoms with van der Waals surface area (Å²) in [5, 5.41) is 2.42. The summed E-state index contributed by atoms with van der Waals surface area (Å²) in [6.07, 6.45) is 3.05. The maximum atomic E-state index is 11.7. The van der Waals surface area contributed by atoms with Crippen molar-refractivity contribution in [2.24, 2.45) is 5.92 Å². The minimum Gasteiger partial charge on any atom is -0.287 e. The van der Waals surface area contributed by atoms with Crippen LogP contribution in [-0.2, 0) is 11.2 Å². The molecule has 0 aromatic heterocycles. The van der Waals surface area contributed by atoms with Crippen LogP contribution in [-0.4, -0.2) is 12.5 Å². The van der Waals surface area contributed by atoms with Gasteiger partial charge in [-0.2, -0.15) is 0 Å². The molecule has 0 saturated carbocycles. The maximum absolute atomic E-state index is 11.7. The van der Waals surface area contributed by atoms with Crippen molar-refractivity contribution in [3.05, 3.63) is 53.1 Å². The van der Waals surface area contributed by atoms with E-state index in [0.29, 0.717) is 12.5 Å². The van der Waals surface area contributed by atoms with Gasteiger partial charge >= 0.3 is 0 Å². The molecule has 2 aromatic rings. The molecule has 1 heterocycles. The first kappa shape index (κ1) is 13.8. The Morgan fingerprint density at radius 3 is 2.76 bits per heavy atom. The molecule has 1 saturated heterocycles. The molecule has 0 radical (unpaired) electrons. The van der Waals surface area contributed by atoms with Crippen LogP contribution in [0.25, 0.3) is 16.8 Å². The van der Waals surface area contributed by atoms with E-state index in [1.54, 1.807) is 0 Å². The summed E-state index contributed by atoms with van der Waals surface area (Å²) >= 11 is 0. The van der Waals surface area contributed by atoms with Gasteiger partial charge in [-0.1, -0.05) is 50.2 Å². The third-order valence-corrected chi connectivity index (χ3v) is 3.70. The summed E-state index contributed by atoms with van der Waals surface area (Å²) in [7, 11) is 0. The third-order valence-electron chi connectivity index (χ3n) is 3.70. The van der Waals surface area contributed by atoms with Crippen LogP contribution >= 0.6 is 0 Å². The summed E-state index contributed by atoms with van der Waals surface area (Å²) in [5.74, 6) is 0.580. The number of amides is 1. The number of hydrazine groups is 1. The fraction of sp³-hybridized carbons (Fsp3) is 0.278. The van der Waals surface area contributed by atoms with Crippen LogP contribution in [0.1, 0.15) is 25.0 Å². The van der Waals surface area contributed by atoms with Gasteiger partial charge in [-0.25, -0.2) is 5.43 Å². The van der Waals surface area contributed by atoms with Gasteiger partial charge in [0, 0.05) is 12.1 Å². The number of carbonyl (C=O) groups is 1. The Bertz CT molecular complexity index is 716. The van der Waals surface area contributed by atoms with Crippen LogP contribution in [0.3, 0.4) is 0 Å². The van der Waals surface area contributed by atoms with Gasteiger partial charge in [0.1, 0.15) is 0 Å². The Kier molecular flexibility index (Phi) is 3.76. The zero-order valence-electron chi connectivity index (χ0n) is 12.4. The van der Waals surface area contributed by atoms with E-state index in [-0.39, 0.29) is 5.91 Å². The lowest BCUT2D eigenvalue weighted by Gasteiger charge is -2.10. The number of nitrogens with one attached hydrogen (secondary N) is 2. The lowest BCUT2D eigenvalue weighted by molar-refractivity contribution is -0.116. The molecule has 3 nitrogen and oxygen atoms in total. The molecule has 1 amide bonds. The molecule has 2 N–H and O–H groups in total. The lowest BCUT2D eigenvalue weighted by Crippen LogP contribution is -2.25. The van der Waals surface area contributed by atoms with E-state index in [1.165, 1.54) is 16.3 Å². The molecule has 0 bridgehead atoms. The van der Waals surface area contributed by atoms with Crippen molar-refractivity contribution < 1.29 is 4.79 Å². The zero-order chi connectivity index (χ0) is 14.8. The number of benzene rings is 2. The predicted molar refractivity (Wildman–Crippen MR) is 86.6 cm³/mol. The molecule has 0 atom stereocenters. The fourth-order valence-electron chi connectivity index (χ4n) is 2.80. The SMILES string of the molecule is CC(C)Cc1cc(/C=C2\CNNC2=O)c2ccccc2c1. The molecule has 108 valence electrons. The second-order valence-corrected chi connectivity index (χ2v) is 5.98. The molecule has 21 heavy (non-hydrogen) atoms. The second kappa shape index (κ2) is 5.70. The first-order chi connectivity index (χ1) is 10.1. The van der Waals surface area contributed by atoms with Crippen LogP contribution in [0.5, 0.6) is 0 Å². The Balaban J connectivity index is 2.12. The summed E-state index contributed by atoms with van der Waals surface area (Å²) < 4.78 is 0. The molecule has 3 rings (SSSR count). The van der Waals surface area contributed by atoms with Crippen LogP contribution in [0, 0.1) is 5.92 Å². The van der Waals surface area contributed by atoms with E-state index < -0.39 is 0 Å². The number of hydrogen-bond acceptors (Lipinski definition) is 2. The van der Waals surface area contributed by atoms with Gasteiger partial charge in [0.05, 0.1) is 0 Å². The third kappa shape index (κ3) is 2.98. The molecule has 0 unspecified atom stereocenters. The number of fused-ring (bicyclic) bond motifs is 1.